The van der Waals surface area contributed by atoms with Gasteiger partial charge in [0.1, 0.15) is 0 Å². The summed E-state index contributed by atoms with van der Waals surface area (Å²) in [5.41, 5.74) is 0.518. The summed E-state index contributed by atoms with van der Waals surface area (Å²) in [5, 5.41) is 0. The average Bonchev–Trinajstić information content (AvgIpc) is 3.26. The Bertz CT molecular complexity index is 464. The van der Waals surface area contributed by atoms with E-state index in [4.69, 9.17) is 0 Å². The number of hydrogen-bond acceptors (Lipinski definition) is 0. The van der Waals surface area contributed by atoms with Gasteiger partial charge < -0.3 is 0 Å². The summed E-state index contributed by atoms with van der Waals surface area (Å²) in [7, 11) is 0. The van der Waals surface area contributed by atoms with E-state index >= 15 is 0 Å². The van der Waals surface area contributed by atoms with E-state index in [0.717, 1.165) is 29.6 Å². The van der Waals surface area contributed by atoms with Gasteiger partial charge in [0.05, 0.1) is 0 Å². The molecular formula is C24H38. The van der Waals surface area contributed by atoms with Crippen molar-refractivity contribution in [1.29, 1.82) is 0 Å². The van der Waals surface area contributed by atoms with Crippen LogP contribution in [0.1, 0.15) is 78.1 Å². The summed E-state index contributed by atoms with van der Waals surface area (Å²) < 4.78 is 0. The molecule has 0 aromatic carbocycles. The third-order valence-electron chi connectivity index (χ3n) is 7.74. The lowest BCUT2D eigenvalue weighted by Crippen LogP contribution is -2.37. The fourth-order valence-electron chi connectivity index (χ4n) is 6.33. The van der Waals surface area contributed by atoms with Crippen molar-refractivity contribution in [2.75, 3.05) is 0 Å². The van der Waals surface area contributed by atoms with Gasteiger partial charge in [-0.15, -0.1) is 6.58 Å². The largest absolute Gasteiger partial charge is 0.103 e. The van der Waals surface area contributed by atoms with E-state index < -0.39 is 0 Å². The van der Waals surface area contributed by atoms with Crippen LogP contribution in [-0.4, -0.2) is 0 Å². The summed E-state index contributed by atoms with van der Waals surface area (Å²) in [5.74, 6) is 4.37. The van der Waals surface area contributed by atoms with Gasteiger partial charge in [0.25, 0.3) is 0 Å². The minimum atomic E-state index is 0.518. The van der Waals surface area contributed by atoms with Crippen LogP contribution in [0.2, 0.25) is 0 Å². The highest BCUT2D eigenvalue weighted by molar-refractivity contribution is 5.20. The molecule has 5 unspecified atom stereocenters. The molecule has 3 aliphatic carbocycles. The SMILES string of the molecule is C=CCCC(C)(C1CCCC1)C1CC(CCCC)C2C=CC=CC21. The Morgan fingerprint density at radius 2 is 1.83 bits per heavy atom. The minimum Gasteiger partial charge on any atom is -0.103 e. The summed E-state index contributed by atoms with van der Waals surface area (Å²) in [4.78, 5) is 0. The summed E-state index contributed by atoms with van der Waals surface area (Å²) >= 11 is 0. The predicted molar refractivity (Wildman–Crippen MR) is 106 cm³/mol. The molecule has 0 heterocycles. The lowest BCUT2D eigenvalue weighted by Gasteiger charge is -2.44. The van der Waals surface area contributed by atoms with Gasteiger partial charge in [-0.25, -0.2) is 0 Å². The highest BCUT2D eigenvalue weighted by Gasteiger charge is 2.51. The zero-order valence-corrected chi connectivity index (χ0v) is 16.1. The van der Waals surface area contributed by atoms with Gasteiger partial charge >= 0.3 is 0 Å². The normalized spacial score (nSPS) is 35.1. The van der Waals surface area contributed by atoms with E-state index in [1.54, 1.807) is 0 Å². The third kappa shape index (κ3) is 3.44. The molecule has 0 radical (unpaired) electrons. The van der Waals surface area contributed by atoms with Crippen molar-refractivity contribution in [3.8, 4) is 0 Å². The molecule has 0 aromatic rings. The van der Waals surface area contributed by atoms with Gasteiger partial charge in [0, 0.05) is 0 Å². The van der Waals surface area contributed by atoms with Crippen molar-refractivity contribution in [2.24, 2.45) is 35.0 Å². The summed E-state index contributed by atoms with van der Waals surface area (Å²) in [6.07, 6.45) is 26.0. The Hall–Kier alpha value is -0.780. The lowest BCUT2D eigenvalue weighted by atomic mass is 9.60. The molecule has 0 bridgehead atoms. The van der Waals surface area contributed by atoms with Crippen LogP contribution in [0.15, 0.2) is 37.0 Å². The van der Waals surface area contributed by atoms with Gasteiger partial charge in [-0.05, 0) is 73.5 Å². The van der Waals surface area contributed by atoms with Gasteiger partial charge in [-0.2, -0.15) is 0 Å². The van der Waals surface area contributed by atoms with Crippen molar-refractivity contribution in [2.45, 2.75) is 78.1 Å². The molecule has 2 saturated carbocycles. The van der Waals surface area contributed by atoms with Gasteiger partial charge in [0.15, 0.2) is 0 Å². The van der Waals surface area contributed by atoms with Crippen molar-refractivity contribution < 1.29 is 0 Å². The molecule has 0 saturated heterocycles. The van der Waals surface area contributed by atoms with E-state index in [0.29, 0.717) is 5.41 Å². The van der Waals surface area contributed by atoms with Crippen LogP contribution >= 0.6 is 0 Å². The van der Waals surface area contributed by atoms with Crippen molar-refractivity contribution in [1.82, 2.24) is 0 Å². The van der Waals surface area contributed by atoms with E-state index in [9.17, 15) is 0 Å². The maximum absolute atomic E-state index is 4.03. The van der Waals surface area contributed by atoms with Crippen LogP contribution < -0.4 is 0 Å². The Kier molecular flexibility index (Phi) is 6.06. The first-order chi connectivity index (χ1) is 11.7. The van der Waals surface area contributed by atoms with Crippen LogP contribution in [-0.2, 0) is 0 Å². The molecule has 3 rings (SSSR count). The van der Waals surface area contributed by atoms with Gasteiger partial charge in [-0.3, -0.25) is 0 Å². The number of unbranched alkanes of at least 4 members (excludes halogenated alkanes) is 1. The molecule has 5 atom stereocenters. The Labute approximate surface area is 150 Å². The molecule has 2 fully saturated rings. The molecule has 0 amide bonds. The van der Waals surface area contributed by atoms with Crippen LogP contribution in [0.5, 0.6) is 0 Å². The second-order valence-electron chi connectivity index (χ2n) is 8.98. The van der Waals surface area contributed by atoms with Gasteiger partial charge in [0.2, 0.25) is 0 Å². The molecule has 0 heteroatoms. The molecule has 0 aromatic heterocycles. The molecule has 0 spiro atoms. The maximum atomic E-state index is 4.03. The molecule has 0 nitrogen and oxygen atoms in total. The quantitative estimate of drug-likeness (QED) is 0.409. The van der Waals surface area contributed by atoms with Crippen molar-refractivity contribution in [3.63, 3.8) is 0 Å². The molecular weight excluding hydrogens is 288 g/mol. The first-order valence-electron chi connectivity index (χ1n) is 10.7. The summed E-state index contributed by atoms with van der Waals surface area (Å²) in [6.45, 7) is 9.02. The lowest BCUT2D eigenvalue weighted by molar-refractivity contribution is 0.0635. The average molecular weight is 327 g/mol. The topological polar surface area (TPSA) is 0 Å². The van der Waals surface area contributed by atoms with Crippen LogP contribution in [0.4, 0.5) is 0 Å². The van der Waals surface area contributed by atoms with Crippen molar-refractivity contribution in [3.05, 3.63) is 37.0 Å². The molecule has 0 aliphatic heterocycles. The third-order valence-corrected chi connectivity index (χ3v) is 7.74. The molecule has 3 aliphatic rings. The van der Waals surface area contributed by atoms with Crippen LogP contribution in [0, 0.1) is 35.0 Å². The number of allylic oxidation sites excluding steroid dienone is 5. The van der Waals surface area contributed by atoms with E-state index in [2.05, 4.69) is 50.8 Å². The fourth-order valence-corrected chi connectivity index (χ4v) is 6.33. The number of fused-ring (bicyclic) bond motifs is 1. The first kappa shape index (κ1) is 18.0. The number of hydrogen-bond donors (Lipinski definition) is 0. The van der Waals surface area contributed by atoms with E-state index in [-0.39, 0.29) is 0 Å². The van der Waals surface area contributed by atoms with Crippen LogP contribution in [0.25, 0.3) is 0 Å². The van der Waals surface area contributed by atoms with E-state index in [1.165, 1.54) is 64.2 Å². The second-order valence-corrected chi connectivity index (χ2v) is 8.98. The minimum absolute atomic E-state index is 0.518. The molecule has 0 N–H and O–H groups in total. The van der Waals surface area contributed by atoms with Crippen molar-refractivity contribution >= 4 is 0 Å². The maximum Gasteiger partial charge on any atom is -0.0131 e. The first-order valence-corrected chi connectivity index (χ1v) is 10.7. The zero-order valence-electron chi connectivity index (χ0n) is 16.1. The monoisotopic (exact) mass is 326 g/mol. The highest BCUT2D eigenvalue weighted by Crippen LogP contribution is 2.59. The fraction of sp³-hybridized carbons (Fsp3) is 0.750. The Balaban J connectivity index is 1.84. The zero-order chi connectivity index (χ0) is 17.0. The predicted octanol–water partition coefficient (Wildman–Crippen LogP) is 7.33. The summed E-state index contributed by atoms with van der Waals surface area (Å²) in [6, 6.07) is 0. The second kappa shape index (κ2) is 8.07. The van der Waals surface area contributed by atoms with E-state index in [1.807, 2.05) is 0 Å². The van der Waals surface area contributed by atoms with Gasteiger partial charge in [-0.1, -0.05) is 69.9 Å². The Morgan fingerprint density at radius 1 is 1.12 bits per heavy atom. The molecule has 134 valence electrons. The number of rotatable bonds is 8. The van der Waals surface area contributed by atoms with Crippen LogP contribution in [0.3, 0.4) is 0 Å². The smallest absolute Gasteiger partial charge is 0.0131 e. The standard InChI is InChI=1S/C24H38/c1-4-6-12-19-18-23(22-16-11-10-15-21(19)22)24(3,17-7-5-2)20-13-8-9-14-20/h5,10-11,15-16,19-23H,2,4,6-9,12-14,17-18H2,1,3H3. The molecule has 24 heavy (non-hydrogen) atoms. The highest BCUT2D eigenvalue weighted by atomic mass is 14.6. The Morgan fingerprint density at radius 3 is 2.50 bits per heavy atom.